The number of nitrogens with one attached hydrogen (secondary N) is 2. The second-order valence-corrected chi connectivity index (χ2v) is 5.28. The van der Waals surface area contributed by atoms with Crippen LogP contribution in [-0.2, 0) is 4.79 Å². The van der Waals surface area contributed by atoms with Crippen LogP contribution in [-0.4, -0.2) is 23.9 Å². The van der Waals surface area contributed by atoms with Crippen molar-refractivity contribution >= 4 is 40.1 Å². The lowest BCUT2D eigenvalue weighted by molar-refractivity contribution is -0.114. The number of carbonyl (C=O) groups is 1. The summed E-state index contributed by atoms with van der Waals surface area (Å²) >= 11 is 1.34. The number of benzene rings is 1. The van der Waals surface area contributed by atoms with Gasteiger partial charge in [-0.15, -0.1) is 11.3 Å². The van der Waals surface area contributed by atoms with Gasteiger partial charge >= 0.3 is 0 Å². The van der Waals surface area contributed by atoms with Crippen molar-refractivity contribution in [3.05, 3.63) is 23.1 Å². The number of amides is 1. The van der Waals surface area contributed by atoms with Crippen molar-refractivity contribution in [2.45, 2.75) is 6.92 Å². The molecule has 1 aliphatic heterocycles. The Morgan fingerprint density at radius 3 is 2.91 bits per heavy atom. The molecule has 114 valence electrons. The summed E-state index contributed by atoms with van der Waals surface area (Å²) in [5.41, 5.74) is 9.57. The van der Waals surface area contributed by atoms with Crippen LogP contribution in [0, 0.1) is 0 Å². The van der Waals surface area contributed by atoms with E-state index in [0.717, 1.165) is 0 Å². The summed E-state index contributed by atoms with van der Waals surface area (Å²) in [5, 5.41) is 9.11. The molecule has 2 aromatic rings. The van der Waals surface area contributed by atoms with Crippen molar-refractivity contribution in [1.82, 2.24) is 4.98 Å². The van der Waals surface area contributed by atoms with Gasteiger partial charge in [-0.3, -0.25) is 10.2 Å². The number of fused-ring (bicyclic) bond motifs is 1. The quantitative estimate of drug-likeness (QED) is 0.586. The predicted octanol–water partition coefficient (Wildman–Crippen LogP) is 1.86. The van der Waals surface area contributed by atoms with E-state index in [9.17, 15) is 4.79 Å². The van der Waals surface area contributed by atoms with E-state index < -0.39 is 0 Å². The molecule has 0 saturated heterocycles. The molecule has 0 bridgehead atoms. The second kappa shape index (κ2) is 5.90. The zero-order valence-corrected chi connectivity index (χ0v) is 12.4. The Bertz CT molecular complexity index is 743. The third-order valence-corrected chi connectivity index (χ3v) is 3.51. The third kappa shape index (κ3) is 3.09. The second-order valence-electron chi connectivity index (χ2n) is 4.42. The molecule has 0 unspecified atom stereocenters. The number of nitrogen functional groups attached to an aromatic ring is 1. The highest BCUT2D eigenvalue weighted by Gasteiger charge is 2.17. The van der Waals surface area contributed by atoms with E-state index >= 15 is 0 Å². The average Bonchev–Trinajstić information content (AvgIpc) is 3.07. The number of thiazole rings is 1. The molecule has 1 amide bonds. The number of hydrogen-bond donors (Lipinski definition) is 3. The minimum atomic E-state index is -0.186. The van der Waals surface area contributed by atoms with E-state index in [1.807, 2.05) is 0 Å². The normalized spacial score (nSPS) is 12.6. The molecule has 1 aromatic carbocycles. The van der Waals surface area contributed by atoms with Gasteiger partial charge in [-0.05, 0) is 6.07 Å². The lowest BCUT2D eigenvalue weighted by Gasteiger charge is -2.08. The average molecular weight is 319 g/mol. The van der Waals surface area contributed by atoms with Crippen molar-refractivity contribution in [2.75, 3.05) is 23.3 Å². The molecule has 9 heteroatoms. The highest BCUT2D eigenvalue weighted by molar-refractivity contribution is 7.14. The minimum absolute atomic E-state index is 0.159. The fraction of sp³-hybridized carbons (Fsp3) is 0.154. The van der Waals surface area contributed by atoms with E-state index in [2.05, 4.69) is 20.8 Å². The number of anilines is 3. The Morgan fingerprint density at radius 1 is 1.45 bits per heavy atom. The fourth-order valence-corrected chi connectivity index (χ4v) is 2.41. The Kier molecular flexibility index (Phi) is 3.79. The number of rotatable bonds is 4. The molecule has 8 nitrogen and oxygen atoms in total. The summed E-state index contributed by atoms with van der Waals surface area (Å²) in [6, 6.07) is 3.45. The molecular weight excluding hydrogens is 306 g/mol. The van der Waals surface area contributed by atoms with E-state index in [4.69, 9.17) is 15.2 Å². The van der Waals surface area contributed by atoms with Crippen LogP contribution in [0.5, 0.6) is 11.5 Å². The highest BCUT2D eigenvalue weighted by Crippen LogP contribution is 2.36. The maximum Gasteiger partial charge on any atom is 0.231 e. The van der Waals surface area contributed by atoms with Crippen molar-refractivity contribution in [3.63, 3.8) is 0 Å². The van der Waals surface area contributed by atoms with Crippen LogP contribution in [0.15, 0.2) is 22.6 Å². The van der Waals surface area contributed by atoms with Gasteiger partial charge in [0, 0.05) is 23.9 Å². The van der Waals surface area contributed by atoms with Crippen molar-refractivity contribution < 1.29 is 14.3 Å². The molecule has 3 rings (SSSR count). The van der Waals surface area contributed by atoms with E-state index in [-0.39, 0.29) is 12.7 Å². The first kappa shape index (κ1) is 14.1. The fourth-order valence-electron chi connectivity index (χ4n) is 1.86. The van der Waals surface area contributed by atoms with Crippen molar-refractivity contribution in [3.8, 4) is 11.5 Å². The predicted molar refractivity (Wildman–Crippen MR) is 84.6 cm³/mol. The largest absolute Gasteiger partial charge is 0.454 e. The molecule has 1 aromatic heterocycles. The standard InChI is InChI=1S/C13H13N5O3S/c1-7(19)16-9-3-11-10(20-6-21-11)2-8(9)4-15-18-13-17-12(14)5-22-13/h2-5H,6,14H2,1H3,(H,16,19)(H,17,18). The van der Waals surface area contributed by atoms with Crippen LogP contribution in [0.2, 0.25) is 0 Å². The van der Waals surface area contributed by atoms with Crippen LogP contribution in [0.4, 0.5) is 16.6 Å². The van der Waals surface area contributed by atoms with E-state index in [1.54, 1.807) is 23.7 Å². The van der Waals surface area contributed by atoms with Crippen molar-refractivity contribution in [1.29, 1.82) is 0 Å². The minimum Gasteiger partial charge on any atom is -0.454 e. The number of hydrazone groups is 1. The van der Waals surface area contributed by atoms with Gasteiger partial charge in [-0.1, -0.05) is 0 Å². The van der Waals surface area contributed by atoms with Crippen molar-refractivity contribution in [2.24, 2.45) is 5.10 Å². The van der Waals surface area contributed by atoms with Crippen LogP contribution in [0.3, 0.4) is 0 Å². The van der Waals surface area contributed by atoms with Gasteiger partial charge in [0.1, 0.15) is 5.82 Å². The molecule has 1 aliphatic rings. The molecule has 4 N–H and O–H groups in total. The number of ether oxygens (including phenoxy) is 2. The first-order valence-corrected chi connectivity index (χ1v) is 7.21. The third-order valence-electron chi connectivity index (χ3n) is 2.74. The smallest absolute Gasteiger partial charge is 0.231 e. The van der Waals surface area contributed by atoms with Gasteiger partial charge in [-0.25, -0.2) is 4.98 Å². The molecule has 0 atom stereocenters. The topological polar surface area (TPSA) is 111 Å². The monoisotopic (exact) mass is 319 g/mol. The van der Waals surface area contributed by atoms with Gasteiger partial charge in [0.15, 0.2) is 11.5 Å². The molecule has 2 heterocycles. The summed E-state index contributed by atoms with van der Waals surface area (Å²) < 4.78 is 10.6. The number of nitrogens with zero attached hydrogens (tertiary/aromatic N) is 2. The van der Waals surface area contributed by atoms with Crippen LogP contribution >= 0.6 is 11.3 Å². The van der Waals surface area contributed by atoms with Gasteiger partial charge in [-0.2, -0.15) is 5.10 Å². The number of nitrogens with two attached hydrogens (primary N) is 1. The molecule has 0 fully saturated rings. The maximum absolute atomic E-state index is 11.3. The molecule has 22 heavy (non-hydrogen) atoms. The maximum atomic E-state index is 11.3. The molecular formula is C13H13N5O3S. The van der Waals surface area contributed by atoms with Gasteiger partial charge < -0.3 is 20.5 Å². The molecule has 0 radical (unpaired) electrons. The Balaban J connectivity index is 1.83. The summed E-state index contributed by atoms with van der Waals surface area (Å²) in [4.78, 5) is 15.3. The van der Waals surface area contributed by atoms with Crippen LogP contribution in [0.25, 0.3) is 0 Å². The summed E-state index contributed by atoms with van der Waals surface area (Å²) in [6.07, 6.45) is 1.56. The van der Waals surface area contributed by atoms with Crippen LogP contribution < -0.4 is 25.9 Å². The number of aromatic nitrogens is 1. The Labute approximate surface area is 129 Å². The molecule has 0 saturated carbocycles. The van der Waals surface area contributed by atoms with Gasteiger partial charge in [0.25, 0.3) is 0 Å². The van der Waals surface area contributed by atoms with Gasteiger partial charge in [0.05, 0.1) is 11.9 Å². The SMILES string of the molecule is CC(=O)Nc1cc2c(cc1C=NNc1nc(N)cs1)OCO2. The van der Waals surface area contributed by atoms with E-state index in [0.29, 0.717) is 33.7 Å². The summed E-state index contributed by atoms with van der Waals surface area (Å²) in [5.74, 6) is 1.44. The molecule has 0 aliphatic carbocycles. The lowest BCUT2D eigenvalue weighted by atomic mass is 10.1. The first-order valence-electron chi connectivity index (χ1n) is 6.33. The first-order chi connectivity index (χ1) is 10.6. The highest BCUT2D eigenvalue weighted by atomic mass is 32.1. The summed E-state index contributed by atoms with van der Waals surface area (Å²) in [7, 11) is 0. The Morgan fingerprint density at radius 2 is 2.23 bits per heavy atom. The number of carbonyl (C=O) groups excluding carboxylic acids is 1. The Hall–Kier alpha value is -2.81. The lowest BCUT2D eigenvalue weighted by Crippen LogP contribution is -2.08. The zero-order valence-electron chi connectivity index (χ0n) is 11.6. The number of hydrogen-bond acceptors (Lipinski definition) is 8. The van der Waals surface area contributed by atoms with E-state index in [1.165, 1.54) is 18.3 Å². The van der Waals surface area contributed by atoms with Crippen LogP contribution in [0.1, 0.15) is 12.5 Å². The zero-order chi connectivity index (χ0) is 15.5. The van der Waals surface area contributed by atoms with Gasteiger partial charge in [0.2, 0.25) is 17.8 Å². The molecule has 0 spiro atoms. The summed E-state index contributed by atoms with van der Waals surface area (Å²) in [6.45, 7) is 1.59.